The summed E-state index contributed by atoms with van der Waals surface area (Å²) in [5.74, 6) is 0.119. The summed E-state index contributed by atoms with van der Waals surface area (Å²) in [4.78, 5) is 15.6. The molecule has 3 rings (SSSR count). The summed E-state index contributed by atoms with van der Waals surface area (Å²) < 4.78 is 0. The zero-order valence-corrected chi connectivity index (χ0v) is 18.2. The van der Waals surface area contributed by atoms with Crippen LogP contribution in [0.15, 0.2) is 55.1 Å². The molecule has 0 fully saturated rings. The number of carbonyl (C=O) groups excluding carboxylic acids is 1. The van der Waals surface area contributed by atoms with Crippen LogP contribution < -0.4 is 4.90 Å². The molecule has 0 saturated heterocycles. The molecule has 2 heteroatoms. The van der Waals surface area contributed by atoms with Crippen LogP contribution in [0.4, 0.5) is 11.4 Å². The molecule has 0 bridgehead atoms. The van der Waals surface area contributed by atoms with Gasteiger partial charge in [-0.25, -0.2) is 0 Å². The van der Waals surface area contributed by atoms with E-state index in [4.69, 9.17) is 0 Å². The van der Waals surface area contributed by atoms with Gasteiger partial charge in [-0.05, 0) is 52.5 Å². The van der Waals surface area contributed by atoms with E-state index >= 15 is 0 Å². The third kappa shape index (κ3) is 3.78. The van der Waals surface area contributed by atoms with Gasteiger partial charge >= 0.3 is 0 Å². The summed E-state index contributed by atoms with van der Waals surface area (Å²) in [6.45, 7) is 17.2. The Morgan fingerprint density at radius 3 is 2.29 bits per heavy atom. The number of amides is 1. The molecule has 2 nitrogen and oxygen atoms in total. The van der Waals surface area contributed by atoms with Crippen LogP contribution in [0.25, 0.3) is 0 Å². The number of allylic oxidation sites excluding steroid dienone is 1. The number of anilines is 2. The van der Waals surface area contributed by atoms with Crippen molar-refractivity contribution in [2.75, 3.05) is 4.90 Å². The Kier molecular flexibility index (Phi) is 5.27. The van der Waals surface area contributed by atoms with E-state index < -0.39 is 0 Å². The zero-order valence-electron chi connectivity index (χ0n) is 18.2. The highest BCUT2D eigenvalue weighted by atomic mass is 16.2. The summed E-state index contributed by atoms with van der Waals surface area (Å²) in [5.41, 5.74) is 5.66. The maximum absolute atomic E-state index is 13.6. The lowest BCUT2D eigenvalue weighted by molar-refractivity contribution is -0.121. The van der Waals surface area contributed by atoms with E-state index in [-0.39, 0.29) is 22.7 Å². The molecule has 0 radical (unpaired) electrons. The topological polar surface area (TPSA) is 20.3 Å². The molecule has 28 heavy (non-hydrogen) atoms. The van der Waals surface area contributed by atoms with Crippen LogP contribution in [-0.4, -0.2) is 5.91 Å². The molecule has 0 spiro atoms. The lowest BCUT2D eigenvalue weighted by Crippen LogP contribution is -2.39. The minimum absolute atomic E-state index is 0.0179. The van der Waals surface area contributed by atoms with Crippen molar-refractivity contribution in [1.29, 1.82) is 0 Å². The summed E-state index contributed by atoms with van der Waals surface area (Å²) in [6, 6.07) is 15.0. The first-order chi connectivity index (χ1) is 13.0. The second-order valence-corrected chi connectivity index (χ2v) is 9.96. The SMILES string of the molecule is C=CC[C@@H]1Cc2ccccc2N(c2cc(C(C)(C)C)ccc2C(C)(C)C)C1=O. The second kappa shape index (κ2) is 7.24. The molecule has 0 aliphatic carbocycles. The highest BCUT2D eigenvalue weighted by molar-refractivity contribution is 6.05. The van der Waals surface area contributed by atoms with E-state index in [1.165, 1.54) is 16.7 Å². The van der Waals surface area contributed by atoms with Gasteiger partial charge in [-0.2, -0.15) is 0 Å². The molecule has 0 saturated carbocycles. The average molecular weight is 376 g/mol. The average Bonchev–Trinajstić information content (AvgIpc) is 2.60. The molecule has 1 aliphatic heterocycles. The van der Waals surface area contributed by atoms with Crippen molar-refractivity contribution in [3.05, 3.63) is 71.8 Å². The lowest BCUT2D eigenvalue weighted by Gasteiger charge is -2.38. The van der Waals surface area contributed by atoms with Crippen LogP contribution in [-0.2, 0) is 22.0 Å². The minimum Gasteiger partial charge on any atom is -0.280 e. The Labute approximate surface area is 170 Å². The minimum atomic E-state index is -0.0631. The maximum Gasteiger partial charge on any atom is 0.235 e. The predicted octanol–water partition coefficient (Wildman–Crippen LogP) is 6.69. The van der Waals surface area contributed by atoms with Gasteiger partial charge in [-0.1, -0.05) is 78.0 Å². The van der Waals surface area contributed by atoms with Crippen molar-refractivity contribution in [3.63, 3.8) is 0 Å². The van der Waals surface area contributed by atoms with Gasteiger partial charge in [-0.15, -0.1) is 6.58 Å². The van der Waals surface area contributed by atoms with Gasteiger partial charge in [0, 0.05) is 5.92 Å². The third-order valence-electron chi connectivity index (χ3n) is 5.63. The van der Waals surface area contributed by atoms with E-state index in [9.17, 15) is 4.79 Å². The van der Waals surface area contributed by atoms with E-state index in [1.807, 2.05) is 17.0 Å². The van der Waals surface area contributed by atoms with E-state index in [0.717, 1.165) is 17.8 Å². The van der Waals surface area contributed by atoms with Gasteiger partial charge in [0.15, 0.2) is 0 Å². The predicted molar refractivity (Wildman–Crippen MR) is 119 cm³/mol. The van der Waals surface area contributed by atoms with E-state index in [1.54, 1.807) is 0 Å². The zero-order chi connectivity index (χ0) is 20.7. The number of hydrogen-bond acceptors (Lipinski definition) is 1. The molecule has 1 amide bonds. The highest BCUT2D eigenvalue weighted by Crippen LogP contribution is 2.43. The van der Waals surface area contributed by atoms with Crippen molar-refractivity contribution in [2.45, 2.75) is 65.2 Å². The van der Waals surface area contributed by atoms with Crippen LogP contribution in [0.5, 0.6) is 0 Å². The lowest BCUT2D eigenvalue weighted by atomic mass is 9.80. The van der Waals surface area contributed by atoms with Crippen molar-refractivity contribution >= 4 is 17.3 Å². The number of benzene rings is 2. The van der Waals surface area contributed by atoms with Crippen molar-refractivity contribution in [1.82, 2.24) is 0 Å². The summed E-state index contributed by atoms with van der Waals surface area (Å²) in [6.07, 6.45) is 3.35. The van der Waals surface area contributed by atoms with Gasteiger partial charge in [0.05, 0.1) is 11.4 Å². The first-order valence-corrected chi connectivity index (χ1v) is 10.2. The molecule has 0 N–H and O–H groups in total. The standard InChI is InChI=1S/C26H33NO/c1-8-11-19-16-18-12-9-10-13-22(18)27(24(19)28)23-17-20(25(2,3)4)14-15-21(23)26(5,6)7/h8-10,12-15,17,19H,1,11,16H2,2-7H3/t19-/m1/s1. The molecule has 2 aromatic carbocycles. The molecule has 1 atom stereocenters. The number of rotatable bonds is 3. The van der Waals surface area contributed by atoms with Gasteiger partial charge in [0.25, 0.3) is 0 Å². The monoisotopic (exact) mass is 375 g/mol. The molecule has 148 valence electrons. The molecular weight excluding hydrogens is 342 g/mol. The number of fused-ring (bicyclic) bond motifs is 1. The third-order valence-corrected chi connectivity index (χ3v) is 5.63. The van der Waals surface area contributed by atoms with Crippen LogP contribution in [0.1, 0.15) is 64.7 Å². The summed E-state index contributed by atoms with van der Waals surface area (Å²) in [5, 5.41) is 0. The van der Waals surface area contributed by atoms with Crippen LogP contribution >= 0.6 is 0 Å². The quantitative estimate of drug-likeness (QED) is 0.547. The van der Waals surface area contributed by atoms with E-state index in [0.29, 0.717) is 6.42 Å². The van der Waals surface area contributed by atoms with Crippen molar-refractivity contribution in [2.24, 2.45) is 5.92 Å². The summed E-state index contributed by atoms with van der Waals surface area (Å²) in [7, 11) is 0. The fourth-order valence-electron chi connectivity index (χ4n) is 4.01. The second-order valence-electron chi connectivity index (χ2n) is 9.96. The molecule has 1 aliphatic rings. The van der Waals surface area contributed by atoms with Crippen LogP contribution in [0, 0.1) is 5.92 Å². The summed E-state index contributed by atoms with van der Waals surface area (Å²) >= 11 is 0. The number of para-hydroxylation sites is 1. The normalized spacial score (nSPS) is 17.4. The molecular formula is C26H33NO. The van der Waals surface area contributed by atoms with Gasteiger partial charge in [0.2, 0.25) is 5.91 Å². The largest absolute Gasteiger partial charge is 0.280 e. The van der Waals surface area contributed by atoms with Crippen LogP contribution in [0.3, 0.4) is 0 Å². The van der Waals surface area contributed by atoms with Crippen molar-refractivity contribution in [3.8, 4) is 0 Å². The van der Waals surface area contributed by atoms with E-state index in [2.05, 4.69) is 84.5 Å². The van der Waals surface area contributed by atoms with Gasteiger partial charge in [-0.3, -0.25) is 9.69 Å². The Bertz CT molecular complexity index is 895. The maximum atomic E-state index is 13.6. The number of hydrogen-bond donors (Lipinski definition) is 0. The molecule has 1 heterocycles. The fourth-order valence-corrected chi connectivity index (χ4v) is 4.01. The smallest absolute Gasteiger partial charge is 0.235 e. The van der Waals surface area contributed by atoms with Gasteiger partial charge in [0.1, 0.15) is 0 Å². The Morgan fingerprint density at radius 1 is 1.00 bits per heavy atom. The van der Waals surface area contributed by atoms with Crippen LogP contribution in [0.2, 0.25) is 0 Å². The molecule has 0 aromatic heterocycles. The Balaban J connectivity index is 2.27. The first kappa shape index (κ1) is 20.4. The first-order valence-electron chi connectivity index (χ1n) is 10.2. The number of carbonyl (C=O) groups is 1. The molecule has 0 unspecified atom stereocenters. The Morgan fingerprint density at radius 2 is 1.68 bits per heavy atom. The van der Waals surface area contributed by atoms with Crippen molar-refractivity contribution < 1.29 is 4.79 Å². The van der Waals surface area contributed by atoms with Gasteiger partial charge < -0.3 is 0 Å². The fraction of sp³-hybridized carbons (Fsp3) is 0.423. The molecule has 2 aromatic rings. The highest BCUT2D eigenvalue weighted by Gasteiger charge is 2.35. The Hall–Kier alpha value is -2.35. The number of nitrogens with zero attached hydrogens (tertiary/aromatic N) is 1.